The summed E-state index contributed by atoms with van der Waals surface area (Å²) in [6.07, 6.45) is 5.25. The van der Waals surface area contributed by atoms with Crippen molar-refractivity contribution < 1.29 is 14.7 Å². The van der Waals surface area contributed by atoms with Crippen molar-refractivity contribution in [3.8, 4) is 0 Å². The molecule has 0 atom stereocenters. The molecule has 5 nitrogen and oxygen atoms in total. The number of carboxylic acids is 1. The fourth-order valence-electron chi connectivity index (χ4n) is 4.18. The number of thiocarbonyl (C=S) groups is 1. The van der Waals surface area contributed by atoms with Crippen LogP contribution in [0.1, 0.15) is 30.4 Å². The molecule has 0 aliphatic carbocycles. The third-order valence-corrected chi connectivity index (χ3v) is 7.34. The lowest BCUT2D eigenvalue weighted by molar-refractivity contribution is -0.137. The van der Waals surface area contributed by atoms with Gasteiger partial charge in [0.1, 0.15) is 4.32 Å². The maximum atomic E-state index is 12.6. The molecule has 2 saturated heterocycles. The molecule has 0 saturated carbocycles. The van der Waals surface area contributed by atoms with E-state index >= 15 is 0 Å². The fraction of sp³-hybridized carbons (Fsp3) is 0.320. The molecule has 2 aromatic carbocycles. The van der Waals surface area contributed by atoms with Crippen molar-refractivity contribution in [2.75, 3.05) is 24.5 Å². The summed E-state index contributed by atoms with van der Waals surface area (Å²) < 4.78 is 0.414. The van der Waals surface area contributed by atoms with Gasteiger partial charge in [0.15, 0.2) is 0 Å². The molecule has 1 N–H and O–H groups in total. The molecule has 0 radical (unpaired) electrons. The molecule has 7 heteroatoms. The number of amides is 1. The van der Waals surface area contributed by atoms with Gasteiger partial charge in [-0.25, -0.2) is 0 Å². The number of benzene rings is 2. The average molecular weight is 467 g/mol. The van der Waals surface area contributed by atoms with E-state index in [0.29, 0.717) is 9.23 Å². The monoisotopic (exact) mass is 466 g/mol. The van der Waals surface area contributed by atoms with E-state index in [9.17, 15) is 9.59 Å². The second kappa shape index (κ2) is 10.3. The molecule has 166 valence electrons. The van der Waals surface area contributed by atoms with E-state index in [1.807, 2.05) is 18.2 Å². The van der Waals surface area contributed by atoms with Crippen LogP contribution in [0.3, 0.4) is 0 Å². The number of thioether (sulfide) groups is 1. The molecule has 2 aliphatic heterocycles. The van der Waals surface area contributed by atoms with Crippen LogP contribution in [0.5, 0.6) is 0 Å². The topological polar surface area (TPSA) is 60.9 Å². The summed E-state index contributed by atoms with van der Waals surface area (Å²) in [5.41, 5.74) is 3.56. The second-order valence-electron chi connectivity index (χ2n) is 8.19. The molecule has 2 fully saturated rings. The van der Waals surface area contributed by atoms with Gasteiger partial charge in [0.05, 0.1) is 11.3 Å². The molecular formula is C25H26N2O3S2. The van der Waals surface area contributed by atoms with Crippen molar-refractivity contribution in [3.63, 3.8) is 0 Å². The minimum atomic E-state index is -0.942. The molecule has 2 heterocycles. The molecule has 0 aromatic heterocycles. The molecule has 4 rings (SSSR count). The van der Waals surface area contributed by atoms with Gasteiger partial charge >= 0.3 is 5.97 Å². The zero-order chi connectivity index (χ0) is 22.5. The molecule has 0 bridgehead atoms. The van der Waals surface area contributed by atoms with Crippen molar-refractivity contribution in [2.24, 2.45) is 5.92 Å². The third-order valence-electron chi connectivity index (χ3n) is 5.96. The summed E-state index contributed by atoms with van der Waals surface area (Å²) in [6, 6.07) is 19.0. The number of hydrogen-bond acceptors (Lipinski definition) is 5. The highest BCUT2D eigenvalue weighted by molar-refractivity contribution is 8.26. The number of rotatable bonds is 7. The van der Waals surface area contributed by atoms with Crippen LogP contribution in [0, 0.1) is 5.92 Å². The van der Waals surface area contributed by atoms with Crippen LogP contribution in [0.25, 0.3) is 6.08 Å². The van der Waals surface area contributed by atoms with Gasteiger partial charge in [0.2, 0.25) is 0 Å². The van der Waals surface area contributed by atoms with Gasteiger partial charge in [-0.05, 0) is 54.5 Å². The molecule has 32 heavy (non-hydrogen) atoms. The molecular weight excluding hydrogens is 440 g/mol. The number of carboxylic acid groups (broad SMARTS) is 1. The smallest absolute Gasteiger partial charge is 0.305 e. The second-order valence-corrected chi connectivity index (χ2v) is 9.86. The highest BCUT2D eigenvalue weighted by Gasteiger charge is 2.32. The van der Waals surface area contributed by atoms with Gasteiger partial charge in [0.25, 0.3) is 5.91 Å². The van der Waals surface area contributed by atoms with Crippen LogP contribution in [0.4, 0.5) is 5.69 Å². The molecule has 2 aliphatic rings. The largest absolute Gasteiger partial charge is 0.481 e. The summed E-state index contributed by atoms with van der Waals surface area (Å²) in [5, 5.41) is 8.86. The first-order valence-corrected chi connectivity index (χ1v) is 12.1. The van der Waals surface area contributed by atoms with Crippen molar-refractivity contribution in [2.45, 2.75) is 25.7 Å². The van der Waals surface area contributed by atoms with Gasteiger partial charge in [-0.1, -0.05) is 66.4 Å². The van der Waals surface area contributed by atoms with Crippen LogP contribution in [0.2, 0.25) is 0 Å². The first-order valence-electron chi connectivity index (χ1n) is 10.9. The molecule has 2 aromatic rings. The Morgan fingerprint density at radius 3 is 2.44 bits per heavy atom. The maximum absolute atomic E-state index is 12.6. The minimum Gasteiger partial charge on any atom is -0.481 e. The number of carbonyl (C=O) groups excluding carboxylic acids is 1. The van der Waals surface area contributed by atoms with Crippen LogP contribution in [-0.4, -0.2) is 45.8 Å². The number of nitrogens with zero attached hydrogens (tertiary/aromatic N) is 2. The number of piperidine rings is 1. The van der Waals surface area contributed by atoms with E-state index in [2.05, 4.69) is 47.4 Å². The van der Waals surface area contributed by atoms with E-state index in [0.717, 1.165) is 31.0 Å². The highest BCUT2D eigenvalue weighted by Crippen LogP contribution is 2.33. The third kappa shape index (κ3) is 5.58. The maximum Gasteiger partial charge on any atom is 0.305 e. The predicted molar refractivity (Wildman–Crippen MR) is 134 cm³/mol. The Balaban J connectivity index is 1.33. The predicted octanol–water partition coefficient (Wildman–Crippen LogP) is 4.82. The van der Waals surface area contributed by atoms with E-state index in [-0.39, 0.29) is 18.9 Å². The van der Waals surface area contributed by atoms with E-state index in [1.165, 1.54) is 40.8 Å². The summed E-state index contributed by atoms with van der Waals surface area (Å²) in [6.45, 7) is 2.22. The summed E-state index contributed by atoms with van der Waals surface area (Å²) in [5.74, 6) is -0.426. The lowest BCUT2D eigenvalue weighted by Crippen LogP contribution is -2.34. The van der Waals surface area contributed by atoms with Crippen LogP contribution in [-0.2, 0) is 16.0 Å². The Morgan fingerprint density at radius 2 is 1.78 bits per heavy atom. The molecule has 0 spiro atoms. The van der Waals surface area contributed by atoms with Gasteiger partial charge in [-0.2, -0.15) is 0 Å². The number of anilines is 1. The summed E-state index contributed by atoms with van der Waals surface area (Å²) >= 11 is 6.47. The number of aliphatic carboxylic acids is 1. The van der Waals surface area contributed by atoms with Gasteiger partial charge in [-0.15, -0.1) is 0 Å². The summed E-state index contributed by atoms with van der Waals surface area (Å²) in [7, 11) is 0. The van der Waals surface area contributed by atoms with Crippen LogP contribution < -0.4 is 4.90 Å². The lowest BCUT2D eigenvalue weighted by Gasteiger charge is -2.33. The zero-order valence-electron chi connectivity index (χ0n) is 17.8. The zero-order valence-corrected chi connectivity index (χ0v) is 19.4. The van der Waals surface area contributed by atoms with Crippen molar-refractivity contribution in [3.05, 3.63) is 70.6 Å². The Labute approximate surface area is 198 Å². The number of carbonyl (C=O) groups is 2. The van der Waals surface area contributed by atoms with E-state index in [4.69, 9.17) is 17.3 Å². The standard InChI is InChI=1S/C25H26N2O3S2/c28-23(29)12-15-27-24(30)22(32-25(27)31)17-19-6-8-21(9-7-19)26-13-10-20(11-14-26)16-18-4-2-1-3-5-18/h1-9,17,20H,10-16H2,(H,28,29)/b22-17+. The van der Waals surface area contributed by atoms with Crippen molar-refractivity contribution in [1.82, 2.24) is 4.90 Å². The van der Waals surface area contributed by atoms with Crippen LogP contribution >= 0.6 is 24.0 Å². The summed E-state index contributed by atoms with van der Waals surface area (Å²) in [4.78, 5) is 27.7. The Morgan fingerprint density at radius 1 is 1.09 bits per heavy atom. The van der Waals surface area contributed by atoms with E-state index < -0.39 is 5.97 Å². The molecule has 1 amide bonds. The normalized spacial score (nSPS) is 18.6. The Hall–Kier alpha value is -2.64. The minimum absolute atomic E-state index is 0.108. The average Bonchev–Trinajstić information content (AvgIpc) is 3.06. The van der Waals surface area contributed by atoms with Crippen molar-refractivity contribution >= 4 is 51.9 Å². The van der Waals surface area contributed by atoms with E-state index in [1.54, 1.807) is 0 Å². The van der Waals surface area contributed by atoms with Crippen LogP contribution in [0.15, 0.2) is 59.5 Å². The Kier molecular flexibility index (Phi) is 7.27. The van der Waals surface area contributed by atoms with Crippen molar-refractivity contribution in [1.29, 1.82) is 0 Å². The highest BCUT2D eigenvalue weighted by atomic mass is 32.2. The van der Waals surface area contributed by atoms with Gasteiger partial charge in [-0.3, -0.25) is 14.5 Å². The molecule has 0 unspecified atom stereocenters. The Bertz CT molecular complexity index is 1010. The fourth-order valence-corrected chi connectivity index (χ4v) is 5.48. The quantitative estimate of drug-likeness (QED) is 0.466. The first-order chi connectivity index (χ1) is 15.5. The van der Waals surface area contributed by atoms with Gasteiger partial charge in [0, 0.05) is 25.3 Å². The lowest BCUT2D eigenvalue weighted by atomic mass is 9.90. The first kappa shape index (κ1) is 22.6. The number of hydrogen-bond donors (Lipinski definition) is 1. The SMILES string of the molecule is O=C(O)CCN1C(=O)/C(=C\c2ccc(N3CCC(Cc4ccccc4)CC3)cc2)SC1=S. The van der Waals surface area contributed by atoms with Gasteiger partial charge < -0.3 is 10.0 Å².